The lowest BCUT2D eigenvalue weighted by Crippen LogP contribution is -2.46. The Kier molecular flexibility index (Phi) is 8.20. The lowest BCUT2D eigenvalue weighted by molar-refractivity contribution is 0.0177. The van der Waals surface area contributed by atoms with E-state index in [9.17, 15) is 4.39 Å². The number of nitrogens with one attached hydrogen (secondary N) is 2. The van der Waals surface area contributed by atoms with E-state index in [4.69, 9.17) is 10.00 Å². The largest absolute Gasteiger partial charge is 0.379 e. The molecule has 1 unspecified atom stereocenters. The van der Waals surface area contributed by atoms with Gasteiger partial charge in [-0.15, -0.1) is 11.3 Å². The van der Waals surface area contributed by atoms with Crippen molar-refractivity contribution in [1.29, 1.82) is 5.26 Å². The van der Waals surface area contributed by atoms with Gasteiger partial charge in [0.15, 0.2) is 5.96 Å². The van der Waals surface area contributed by atoms with E-state index < -0.39 is 0 Å². The number of aliphatic imine (C=N–C) groups is 1. The summed E-state index contributed by atoms with van der Waals surface area (Å²) in [6.45, 7) is 8.93. The SMILES string of the molecule is CCNC(=NCc1cc(C#N)ccc1F)NCC(c1ccc(C)s1)N1CCOCC1. The maximum atomic E-state index is 14.1. The summed E-state index contributed by atoms with van der Waals surface area (Å²) in [5.41, 5.74) is 0.838. The highest BCUT2D eigenvalue weighted by atomic mass is 32.1. The Labute approximate surface area is 181 Å². The number of halogens is 1. The normalized spacial score (nSPS) is 16.1. The molecule has 0 saturated carbocycles. The molecule has 6 nitrogen and oxygen atoms in total. The van der Waals surface area contributed by atoms with Crippen LogP contribution in [0.4, 0.5) is 4.39 Å². The molecule has 1 aliphatic rings. The summed E-state index contributed by atoms with van der Waals surface area (Å²) in [7, 11) is 0. The summed E-state index contributed by atoms with van der Waals surface area (Å²) in [5, 5.41) is 15.7. The molecule has 2 N–H and O–H groups in total. The summed E-state index contributed by atoms with van der Waals surface area (Å²) < 4.78 is 19.6. The first kappa shape index (κ1) is 22.2. The van der Waals surface area contributed by atoms with Gasteiger partial charge >= 0.3 is 0 Å². The van der Waals surface area contributed by atoms with Crippen molar-refractivity contribution in [2.75, 3.05) is 39.4 Å². The molecule has 1 fully saturated rings. The van der Waals surface area contributed by atoms with Crippen LogP contribution in [0.25, 0.3) is 0 Å². The van der Waals surface area contributed by atoms with Gasteiger partial charge in [-0.2, -0.15) is 5.26 Å². The highest BCUT2D eigenvalue weighted by Gasteiger charge is 2.24. The van der Waals surface area contributed by atoms with Crippen LogP contribution < -0.4 is 10.6 Å². The van der Waals surface area contributed by atoms with E-state index in [0.717, 1.165) is 26.3 Å². The average molecular weight is 430 g/mol. The van der Waals surface area contributed by atoms with Gasteiger partial charge in [-0.1, -0.05) is 0 Å². The Hall–Kier alpha value is -2.47. The molecule has 3 rings (SSSR count). The number of thiophene rings is 1. The Morgan fingerprint density at radius 3 is 2.77 bits per heavy atom. The zero-order valence-electron chi connectivity index (χ0n) is 17.4. The van der Waals surface area contributed by atoms with Crippen molar-refractivity contribution in [2.45, 2.75) is 26.4 Å². The van der Waals surface area contributed by atoms with Gasteiger partial charge in [0.1, 0.15) is 5.82 Å². The van der Waals surface area contributed by atoms with Crippen molar-refractivity contribution < 1.29 is 9.13 Å². The zero-order chi connectivity index (χ0) is 21.3. The van der Waals surface area contributed by atoms with E-state index >= 15 is 0 Å². The van der Waals surface area contributed by atoms with Gasteiger partial charge in [-0.25, -0.2) is 9.38 Å². The van der Waals surface area contributed by atoms with Crippen molar-refractivity contribution >= 4 is 17.3 Å². The van der Waals surface area contributed by atoms with Gasteiger partial charge in [0.25, 0.3) is 0 Å². The molecular weight excluding hydrogens is 401 g/mol. The van der Waals surface area contributed by atoms with E-state index in [1.54, 1.807) is 6.07 Å². The van der Waals surface area contributed by atoms with Crippen LogP contribution in [0.3, 0.4) is 0 Å². The third-order valence-electron chi connectivity index (χ3n) is 4.97. The fourth-order valence-corrected chi connectivity index (χ4v) is 4.41. The van der Waals surface area contributed by atoms with Crippen LogP contribution in [0.2, 0.25) is 0 Å². The van der Waals surface area contributed by atoms with E-state index in [1.165, 1.54) is 21.9 Å². The molecule has 8 heteroatoms. The topological polar surface area (TPSA) is 72.7 Å². The van der Waals surface area contributed by atoms with Gasteiger partial charge < -0.3 is 15.4 Å². The second-order valence-electron chi connectivity index (χ2n) is 7.11. The molecule has 1 aliphatic heterocycles. The quantitative estimate of drug-likeness (QED) is 0.522. The van der Waals surface area contributed by atoms with Crippen molar-refractivity contribution in [2.24, 2.45) is 4.99 Å². The molecule has 160 valence electrons. The lowest BCUT2D eigenvalue weighted by Gasteiger charge is -2.34. The smallest absolute Gasteiger partial charge is 0.191 e. The third kappa shape index (κ3) is 6.02. The Balaban J connectivity index is 1.72. The number of aryl methyl sites for hydroxylation is 1. The molecule has 2 heterocycles. The second-order valence-corrected chi connectivity index (χ2v) is 8.43. The predicted molar refractivity (Wildman–Crippen MR) is 118 cm³/mol. The highest BCUT2D eigenvalue weighted by Crippen LogP contribution is 2.27. The van der Waals surface area contributed by atoms with Crippen LogP contribution in [-0.4, -0.2) is 50.3 Å². The number of hydrogen-bond acceptors (Lipinski definition) is 5. The minimum atomic E-state index is -0.353. The van der Waals surface area contributed by atoms with Gasteiger partial charge in [0.05, 0.1) is 37.4 Å². The predicted octanol–water partition coefficient (Wildman–Crippen LogP) is 3.20. The number of hydrogen-bond donors (Lipinski definition) is 2. The average Bonchev–Trinajstić information content (AvgIpc) is 3.19. The number of guanidine groups is 1. The molecule has 1 aromatic heterocycles. The van der Waals surface area contributed by atoms with Gasteiger partial charge in [0, 0.05) is 41.5 Å². The molecule has 0 aliphatic carbocycles. The van der Waals surface area contributed by atoms with Crippen molar-refractivity contribution in [1.82, 2.24) is 15.5 Å². The number of benzene rings is 1. The summed E-state index contributed by atoms with van der Waals surface area (Å²) in [4.78, 5) is 9.57. The molecule has 0 spiro atoms. The number of nitriles is 1. The molecule has 30 heavy (non-hydrogen) atoms. The third-order valence-corrected chi connectivity index (χ3v) is 6.07. The van der Waals surface area contributed by atoms with Crippen molar-refractivity contribution in [3.63, 3.8) is 0 Å². The highest BCUT2D eigenvalue weighted by molar-refractivity contribution is 7.12. The van der Waals surface area contributed by atoms with Crippen LogP contribution in [-0.2, 0) is 11.3 Å². The molecule has 2 aromatic rings. The first-order valence-corrected chi connectivity index (χ1v) is 11.0. The molecule has 1 atom stereocenters. The Bertz CT molecular complexity index is 901. The molecule has 0 amide bonds. The Morgan fingerprint density at radius 2 is 2.10 bits per heavy atom. The molecule has 0 bridgehead atoms. The van der Waals surface area contributed by atoms with Crippen LogP contribution in [0.15, 0.2) is 35.3 Å². The fraction of sp³-hybridized carbons (Fsp3) is 0.455. The molecular formula is C22H28FN5OS. The Morgan fingerprint density at radius 1 is 1.30 bits per heavy atom. The van der Waals surface area contributed by atoms with Crippen molar-refractivity contribution in [3.05, 3.63) is 57.0 Å². The zero-order valence-corrected chi connectivity index (χ0v) is 18.3. The van der Waals surface area contributed by atoms with E-state index in [1.807, 2.05) is 24.3 Å². The van der Waals surface area contributed by atoms with Crippen LogP contribution in [0, 0.1) is 24.1 Å². The monoisotopic (exact) mass is 429 g/mol. The number of morpholine rings is 1. The van der Waals surface area contributed by atoms with Gasteiger partial charge in [-0.3, -0.25) is 4.90 Å². The molecule has 0 radical (unpaired) electrons. The van der Waals surface area contributed by atoms with E-state index in [0.29, 0.717) is 30.2 Å². The standard InChI is InChI=1S/C22H28FN5OS/c1-3-25-22(26-14-18-12-17(13-24)5-6-19(18)23)27-15-20(21-7-4-16(2)30-21)28-8-10-29-11-9-28/h4-7,12,20H,3,8-11,14-15H2,1-2H3,(H2,25,26,27). The molecule has 1 saturated heterocycles. The maximum absolute atomic E-state index is 14.1. The fourth-order valence-electron chi connectivity index (χ4n) is 3.40. The lowest BCUT2D eigenvalue weighted by atomic mass is 10.1. The molecule has 1 aromatic carbocycles. The number of nitrogens with zero attached hydrogens (tertiary/aromatic N) is 3. The van der Waals surface area contributed by atoms with Gasteiger partial charge in [-0.05, 0) is 44.2 Å². The van der Waals surface area contributed by atoms with Gasteiger partial charge in [0.2, 0.25) is 0 Å². The van der Waals surface area contributed by atoms with Crippen LogP contribution in [0.1, 0.15) is 33.8 Å². The summed E-state index contributed by atoms with van der Waals surface area (Å²) >= 11 is 1.81. The first-order chi connectivity index (χ1) is 14.6. The first-order valence-electron chi connectivity index (χ1n) is 10.2. The summed E-state index contributed by atoms with van der Waals surface area (Å²) in [5.74, 6) is 0.277. The summed E-state index contributed by atoms with van der Waals surface area (Å²) in [6, 6.07) is 10.9. The van der Waals surface area contributed by atoms with Crippen LogP contribution >= 0.6 is 11.3 Å². The summed E-state index contributed by atoms with van der Waals surface area (Å²) in [6.07, 6.45) is 0. The minimum Gasteiger partial charge on any atom is -0.379 e. The van der Waals surface area contributed by atoms with E-state index in [2.05, 4.69) is 39.6 Å². The van der Waals surface area contributed by atoms with Crippen molar-refractivity contribution in [3.8, 4) is 6.07 Å². The number of rotatable bonds is 7. The van der Waals surface area contributed by atoms with E-state index in [-0.39, 0.29) is 18.4 Å². The second kappa shape index (κ2) is 11.1. The maximum Gasteiger partial charge on any atom is 0.191 e. The van der Waals surface area contributed by atoms with Crippen LogP contribution in [0.5, 0.6) is 0 Å². The minimum absolute atomic E-state index is 0.164. The number of ether oxygens (including phenoxy) is 1.